The Morgan fingerprint density at radius 3 is 2.47 bits per heavy atom. The molecule has 59 heavy (non-hydrogen) atoms. The second kappa shape index (κ2) is 17.6. The molecule has 1 aliphatic carbocycles. The number of ether oxygens (including phenoxy) is 3. The first kappa shape index (κ1) is 40.1. The Morgan fingerprint density at radius 1 is 0.966 bits per heavy atom. The molecule has 2 fully saturated rings. The number of ketones is 1. The summed E-state index contributed by atoms with van der Waals surface area (Å²) in [5, 5.41) is 36.2. The van der Waals surface area contributed by atoms with Gasteiger partial charge in [0.2, 0.25) is 5.75 Å². The highest BCUT2D eigenvalue weighted by atomic mass is 16.5. The van der Waals surface area contributed by atoms with E-state index < -0.39 is 12.2 Å². The van der Waals surface area contributed by atoms with E-state index in [1.165, 1.54) is 25.6 Å². The lowest BCUT2D eigenvalue weighted by Crippen LogP contribution is -2.44. The Labute approximate surface area is 346 Å². The third-order valence-electron chi connectivity index (χ3n) is 12.2. The van der Waals surface area contributed by atoms with Gasteiger partial charge in [-0.3, -0.25) is 4.79 Å². The fourth-order valence-corrected chi connectivity index (χ4v) is 8.79. The van der Waals surface area contributed by atoms with Crippen LogP contribution >= 0.6 is 0 Å². The van der Waals surface area contributed by atoms with Crippen LogP contribution in [0.4, 0.5) is 5.82 Å². The lowest BCUT2D eigenvalue weighted by atomic mass is 9.85. The maximum Gasteiger partial charge on any atom is 0.335 e. The molecule has 2 aliphatic heterocycles. The first-order valence-electron chi connectivity index (χ1n) is 20.9. The summed E-state index contributed by atoms with van der Waals surface area (Å²) in [6.07, 6.45) is 8.30. The summed E-state index contributed by atoms with van der Waals surface area (Å²) >= 11 is 0. The van der Waals surface area contributed by atoms with Crippen molar-refractivity contribution in [2.24, 2.45) is 0 Å². The highest BCUT2D eigenvalue weighted by Crippen LogP contribution is 2.53. The number of aromatic nitrogens is 1. The van der Waals surface area contributed by atoms with Crippen LogP contribution in [-0.4, -0.2) is 71.9 Å². The number of phenolic OH excluding ortho intramolecular Hbond substituents is 2. The number of nitrogens with zero attached hydrogens (tertiary/aromatic N) is 2. The lowest BCUT2D eigenvalue weighted by molar-refractivity contribution is 0.172. The van der Waals surface area contributed by atoms with Crippen molar-refractivity contribution >= 4 is 17.7 Å². The Hall–Kier alpha value is -5.71. The predicted octanol–water partition coefficient (Wildman–Crippen LogP) is 8.02. The number of aryl methyl sites for hydroxylation is 1. The number of piperazine rings is 1. The predicted molar refractivity (Wildman–Crippen MR) is 232 cm³/mol. The first-order chi connectivity index (χ1) is 28.7. The number of methoxy groups -OCH3 is 1. The van der Waals surface area contributed by atoms with Gasteiger partial charge in [-0.2, -0.15) is 0 Å². The van der Waals surface area contributed by atoms with Gasteiger partial charge in [0, 0.05) is 12.0 Å². The van der Waals surface area contributed by atoms with Gasteiger partial charge in [0.1, 0.15) is 24.0 Å². The highest BCUT2D eigenvalue weighted by Gasteiger charge is 2.41. The molecule has 1 unspecified atom stereocenters. The van der Waals surface area contributed by atoms with E-state index in [1.807, 2.05) is 36.4 Å². The molecule has 0 amide bonds. The normalized spacial score (nSPS) is 18.1. The van der Waals surface area contributed by atoms with Gasteiger partial charge >= 0.3 is 5.78 Å². The number of phenols is 2. The highest BCUT2D eigenvalue weighted by molar-refractivity contribution is 6.05. The number of nitrogens with one attached hydrogen (secondary N) is 1. The molecule has 4 aromatic carbocycles. The molecule has 3 heterocycles. The summed E-state index contributed by atoms with van der Waals surface area (Å²) in [7, 11) is 1.46. The van der Waals surface area contributed by atoms with E-state index in [0.717, 1.165) is 72.7 Å². The van der Waals surface area contributed by atoms with Crippen LogP contribution < -0.4 is 29.4 Å². The van der Waals surface area contributed by atoms with Crippen LogP contribution in [0.25, 0.3) is 17.2 Å². The summed E-state index contributed by atoms with van der Waals surface area (Å²) in [6.45, 7) is 6.11. The van der Waals surface area contributed by atoms with Crippen LogP contribution in [0.3, 0.4) is 0 Å². The number of aliphatic hydroxyl groups excluding tert-OH is 1. The van der Waals surface area contributed by atoms with E-state index >= 15 is 0 Å². The molecule has 8 rings (SSSR count). The number of benzene rings is 4. The smallest absolute Gasteiger partial charge is 0.335 e. The van der Waals surface area contributed by atoms with Crippen LogP contribution in [0, 0.1) is 0 Å². The maximum absolute atomic E-state index is 12.0. The maximum atomic E-state index is 12.0. The fourth-order valence-electron chi connectivity index (χ4n) is 8.79. The topological polar surface area (TPSA) is 139 Å². The zero-order chi connectivity index (χ0) is 40.9. The minimum absolute atomic E-state index is 0.0290. The number of fused-ring (bicyclic) bond motifs is 1. The molecule has 1 aromatic heterocycles. The molecular formula is C49H55N3O7. The van der Waals surface area contributed by atoms with Gasteiger partial charge in [-0.15, -0.1) is 0 Å². The minimum Gasteiger partial charge on any atom is -0.508 e. The quantitative estimate of drug-likeness (QED) is 0.0824. The Balaban J connectivity index is 1.10. The van der Waals surface area contributed by atoms with Crippen molar-refractivity contribution in [1.82, 2.24) is 10.3 Å². The third-order valence-corrected chi connectivity index (χ3v) is 12.2. The molecule has 5 N–H and O–H groups in total. The molecule has 1 saturated heterocycles. The third kappa shape index (κ3) is 8.70. The van der Waals surface area contributed by atoms with Crippen LogP contribution in [0.5, 0.6) is 28.7 Å². The zero-order valence-corrected chi connectivity index (χ0v) is 34.0. The zero-order valence-electron chi connectivity index (χ0n) is 34.0. The number of hydrogen-bond donors (Lipinski definition) is 4. The number of anilines is 1. The van der Waals surface area contributed by atoms with Gasteiger partial charge < -0.3 is 44.7 Å². The molecule has 308 valence electrons. The molecule has 0 spiro atoms. The molecule has 0 radical (unpaired) electrons. The van der Waals surface area contributed by atoms with Crippen LogP contribution in [0.2, 0.25) is 0 Å². The second-order valence-corrected chi connectivity index (χ2v) is 16.3. The van der Waals surface area contributed by atoms with Crippen molar-refractivity contribution in [2.45, 2.75) is 75.9 Å². The largest absolute Gasteiger partial charge is 0.508 e. The summed E-state index contributed by atoms with van der Waals surface area (Å²) < 4.78 is 18.7. The van der Waals surface area contributed by atoms with E-state index in [0.29, 0.717) is 29.7 Å². The first-order valence-corrected chi connectivity index (χ1v) is 20.9. The number of rotatable bonds is 14. The van der Waals surface area contributed by atoms with Crippen molar-refractivity contribution in [2.75, 3.05) is 44.8 Å². The Kier molecular flexibility index (Phi) is 12.0. The summed E-state index contributed by atoms with van der Waals surface area (Å²) in [4.78, 5) is 19.5. The molecule has 3 aliphatic rings. The van der Waals surface area contributed by atoms with Crippen molar-refractivity contribution in [1.29, 1.82) is 0 Å². The van der Waals surface area contributed by atoms with Gasteiger partial charge in [-0.1, -0.05) is 116 Å². The van der Waals surface area contributed by atoms with Gasteiger partial charge in [-0.25, -0.2) is 0 Å². The standard InChI is InChI=1S/C49H54N3O7/c1-49(22-6-7-23-49)42-30-39(48(51-42)52-26-24-50-25-27-52)35-12-8-11-33(29-35)14-20-38-44(56)47(57-2)46(58-28-21-37(54)17-13-32-9-4-3-5-10-32)43-40(55)31-41(59-45(38)43)34-15-18-36(53)19-16-34/h3-5,8-13,15-19,29-30,37,41,50,53-54H,6-7,14,20-28,31H2,1-2H3,(H,55,56)/q-1/p+1/b17-13+/t37-,41?/m0/s1. The molecule has 0 bridgehead atoms. The summed E-state index contributed by atoms with van der Waals surface area (Å²) in [5.74, 6) is 1.65. The number of aliphatic hydroxyl groups is 1. The van der Waals surface area contributed by atoms with E-state index in [9.17, 15) is 20.1 Å². The summed E-state index contributed by atoms with van der Waals surface area (Å²) in [5.41, 5.74) is 7.16. The van der Waals surface area contributed by atoms with Gasteiger partial charge in [0.15, 0.2) is 17.1 Å². The van der Waals surface area contributed by atoms with Crippen LogP contribution in [-0.2, 0) is 18.3 Å². The summed E-state index contributed by atoms with van der Waals surface area (Å²) in [6, 6.07) is 27.3. The number of hydrogen-bond acceptors (Lipinski definition) is 8. The monoisotopic (exact) mass is 797 g/mol. The van der Waals surface area contributed by atoms with E-state index in [-0.39, 0.29) is 53.6 Å². The van der Waals surface area contributed by atoms with Crippen molar-refractivity contribution < 1.29 is 34.3 Å². The van der Waals surface area contributed by atoms with Crippen LogP contribution in [0.15, 0.2) is 91.0 Å². The molecule has 1 saturated carbocycles. The average Bonchev–Trinajstić information content (AvgIpc) is 3.92. The van der Waals surface area contributed by atoms with Crippen molar-refractivity contribution in [3.05, 3.63) is 125 Å². The SMILES string of the molecule is COc1c(O)c(CCc2cccc(-c3cc(C4(C)CCCC4)[n-]c3N3CCNCC3)c2)c2c(c1OCC[C@@H](O)/C=C/c1ccccc1)C(=[OH+])CC(c1ccc(O)cc1)O2. The fraction of sp³-hybridized carbons (Fsp3) is 0.367. The van der Waals surface area contributed by atoms with Gasteiger partial charge in [0.05, 0.1) is 19.8 Å². The van der Waals surface area contributed by atoms with E-state index in [4.69, 9.17) is 19.2 Å². The second-order valence-electron chi connectivity index (χ2n) is 16.3. The average molecular weight is 798 g/mol. The molecule has 5 aromatic rings. The van der Waals surface area contributed by atoms with Gasteiger partial charge in [-0.05, 0) is 97.2 Å². The van der Waals surface area contributed by atoms with Crippen molar-refractivity contribution in [3.63, 3.8) is 0 Å². The molecule has 10 nitrogen and oxygen atoms in total. The Bertz CT molecular complexity index is 2270. The number of aromatic hydroxyl groups is 2. The van der Waals surface area contributed by atoms with E-state index in [2.05, 4.69) is 47.5 Å². The molecule has 2 atom stereocenters. The Morgan fingerprint density at radius 2 is 1.73 bits per heavy atom. The number of carbonyl (C=O) groups excluding carboxylic acids is 1. The van der Waals surface area contributed by atoms with E-state index in [1.54, 1.807) is 30.3 Å². The molecule has 10 heteroatoms. The minimum atomic E-state index is -0.789. The van der Waals surface area contributed by atoms with Crippen molar-refractivity contribution in [3.8, 4) is 39.9 Å². The van der Waals surface area contributed by atoms with Crippen LogP contribution in [0.1, 0.15) is 85.1 Å². The van der Waals surface area contributed by atoms with Gasteiger partial charge in [0.25, 0.3) is 0 Å². The lowest BCUT2D eigenvalue weighted by Gasteiger charge is -2.38. The molecular weight excluding hydrogens is 743 g/mol.